The van der Waals surface area contributed by atoms with Crippen molar-refractivity contribution in [2.24, 2.45) is 0 Å². The van der Waals surface area contributed by atoms with Crippen molar-refractivity contribution < 1.29 is 4.42 Å². The molecule has 40 heavy (non-hydrogen) atoms. The number of hydrogen-bond donors (Lipinski definition) is 0. The van der Waals surface area contributed by atoms with Gasteiger partial charge in [-0.1, -0.05) is 88.7 Å². The minimum absolute atomic E-state index is 0.896. The number of benzene rings is 6. The first-order valence-corrected chi connectivity index (χ1v) is 14.8. The second-order valence-electron chi connectivity index (χ2n) is 9.93. The Morgan fingerprint density at radius 1 is 0.525 bits per heavy atom. The van der Waals surface area contributed by atoms with Crippen LogP contribution in [0.2, 0.25) is 0 Å². The van der Waals surface area contributed by atoms with Crippen molar-refractivity contribution in [3.63, 3.8) is 0 Å². The average molecular weight is 597 g/mol. The van der Waals surface area contributed by atoms with Crippen LogP contribution in [0.5, 0.6) is 0 Å². The Hall–Kier alpha value is -4.38. The first-order chi connectivity index (χ1) is 19.7. The van der Waals surface area contributed by atoms with E-state index in [1.807, 2.05) is 23.5 Å². The zero-order valence-corrected chi connectivity index (χ0v) is 23.7. The minimum atomic E-state index is 0.896. The number of para-hydroxylation sites is 2. The van der Waals surface area contributed by atoms with Crippen molar-refractivity contribution >= 4 is 86.4 Å². The fourth-order valence-corrected chi connectivity index (χ4v) is 7.27. The third-order valence-corrected chi connectivity index (χ3v) is 9.16. The van der Waals surface area contributed by atoms with Crippen LogP contribution in [-0.2, 0) is 0 Å². The fraction of sp³-hybridized carbons (Fsp3) is 0. The van der Waals surface area contributed by atoms with E-state index in [1.54, 1.807) is 0 Å². The van der Waals surface area contributed by atoms with Gasteiger partial charge in [0, 0.05) is 42.1 Å². The lowest BCUT2D eigenvalue weighted by atomic mass is 10.0. The summed E-state index contributed by atoms with van der Waals surface area (Å²) in [5.74, 6) is 0. The van der Waals surface area contributed by atoms with Gasteiger partial charge in [-0.15, -0.1) is 11.3 Å². The average Bonchev–Trinajstić information content (AvgIpc) is 3.56. The summed E-state index contributed by atoms with van der Waals surface area (Å²) in [5, 5.41) is 4.76. The van der Waals surface area contributed by atoms with Crippen molar-refractivity contribution in [3.05, 3.63) is 138 Å². The maximum atomic E-state index is 6.15. The van der Waals surface area contributed by atoms with E-state index < -0.39 is 0 Å². The van der Waals surface area contributed by atoms with Gasteiger partial charge in [-0.05, 0) is 71.8 Å². The van der Waals surface area contributed by atoms with E-state index in [0.717, 1.165) is 43.5 Å². The number of anilines is 3. The molecular weight excluding hydrogens is 574 g/mol. The molecule has 0 fully saturated rings. The number of hydrogen-bond acceptors (Lipinski definition) is 3. The van der Waals surface area contributed by atoms with Crippen molar-refractivity contribution in [2.45, 2.75) is 0 Å². The van der Waals surface area contributed by atoms with E-state index in [4.69, 9.17) is 4.42 Å². The van der Waals surface area contributed by atoms with Crippen LogP contribution in [0.3, 0.4) is 0 Å². The largest absolute Gasteiger partial charge is 0.456 e. The number of nitrogens with zero attached hydrogens (tertiary/aromatic N) is 1. The van der Waals surface area contributed by atoms with Gasteiger partial charge < -0.3 is 9.32 Å². The minimum Gasteiger partial charge on any atom is -0.456 e. The Kier molecular flexibility index (Phi) is 5.51. The maximum Gasteiger partial charge on any atom is 0.135 e. The lowest BCUT2D eigenvalue weighted by Gasteiger charge is -2.26. The van der Waals surface area contributed by atoms with Crippen LogP contribution in [0, 0.1) is 0 Å². The molecule has 0 aliphatic heterocycles. The summed E-state index contributed by atoms with van der Waals surface area (Å²) >= 11 is 5.71. The van der Waals surface area contributed by atoms with E-state index in [1.165, 1.54) is 31.3 Å². The van der Waals surface area contributed by atoms with Crippen molar-refractivity contribution in [1.82, 2.24) is 0 Å². The molecule has 2 aromatic heterocycles. The second kappa shape index (κ2) is 9.37. The number of furan rings is 1. The standard InChI is InChI=1S/C36H22BrNOS/c37-25-20-31-30-19-24(23-9-3-1-4-10-23)15-18-35(30)40-36(31)32(21-25)38(26-11-5-2-6-12-26)27-16-17-34-29(22-27)28-13-7-8-14-33(28)39-34/h1-22H. The molecule has 8 aromatic rings. The zero-order valence-electron chi connectivity index (χ0n) is 21.3. The smallest absolute Gasteiger partial charge is 0.135 e. The van der Waals surface area contributed by atoms with Crippen LogP contribution in [0.25, 0.3) is 53.2 Å². The van der Waals surface area contributed by atoms with Gasteiger partial charge in [0.2, 0.25) is 0 Å². The topological polar surface area (TPSA) is 16.4 Å². The Morgan fingerprint density at radius 2 is 1.27 bits per heavy atom. The maximum absolute atomic E-state index is 6.15. The predicted octanol–water partition coefficient (Wildman–Crippen LogP) is 11.9. The summed E-state index contributed by atoms with van der Waals surface area (Å²) in [6.07, 6.45) is 0. The first-order valence-electron chi connectivity index (χ1n) is 13.2. The van der Waals surface area contributed by atoms with E-state index >= 15 is 0 Å². The lowest BCUT2D eigenvalue weighted by molar-refractivity contribution is 0.669. The summed E-state index contributed by atoms with van der Waals surface area (Å²) in [6.45, 7) is 0. The Balaban J connectivity index is 1.39. The zero-order chi connectivity index (χ0) is 26.6. The van der Waals surface area contributed by atoms with Crippen molar-refractivity contribution in [2.75, 3.05) is 4.90 Å². The molecule has 8 rings (SSSR count). The first kappa shape index (κ1) is 23.5. The van der Waals surface area contributed by atoms with E-state index in [-0.39, 0.29) is 0 Å². The molecule has 0 N–H and O–H groups in total. The van der Waals surface area contributed by atoms with Gasteiger partial charge in [0.05, 0.1) is 10.4 Å². The van der Waals surface area contributed by atoms with Crippen LogP contribution >= 0.6 is 27.3 Å². The Morgan fingerprint density at radius 3 is 2.12 bits per heavy atom. The molecule has 0 amide bonds. The molecule has 0 aliphatic rings. The number of halogens is 1. The molecule has 0 saturated carbocycles. The van der Waals surface area contributed by atoms with Crippen molar-refractivity contribution in [1.29, 1.82) is 0 Å². The lowest BCUT2D eigenvalue weighted by Crippen LogP contribution is -2.10. The highest BCUT2D eigenvalue weighted by molar-refractivity contribution is 9.10. The molecule has 6 aromatic carbocycles. The molecule has 0 bridgehead atoms. The summed E-state index contributed by atoms with van der Waals surface area (Å²) in [4.78, 5) is 2.36. The molecule has 4 heteroatoms. The SMILES string of the molecule is Brc1cc(N(c2ccccc2)c2ccc3oc4ccccc4c3c2)c2sc3ccc(-c4ccccc4)cc3c2c1. The van der Waals surface area contributed by atoms with E-state index in [0.29, 0.717) is 0 Å². The Bertz CT molecular complexity index is 2180. The molecule has 0 spiro atoms. The molecule has 190 valence electrons. The van der Waals surface area contributed by atoms with Crippen LogP contribution in [0.1, 0.15) is 0 Å². The summed E-state index contributed by atoms with van der Waals surface area (Å²) < 4.78 is 9.73. The third-order valence-electron chi connectivity index (χ3n) is 7.50. The molecular formula is C36H22BrNOS. The van der Waals surface area contributed by atoms with Gasteiger partial charge in [-0.25, -0.2) is 0 Å². The number of fused-ring (bicyclic) bond motifs is 6. The predicted molar refractivity (Wildman–Crippen MR) is 174 cm³/mol. The van der Waals surface area contributed by atoms with Crippen LogP contribution < -0.4 is 4.90 Å². The highest BCUT2D eigenvalue weighted by atomic mass is 79.9. The number of rotatable bonds is 4. The summed E-state index contributed by atoms with van der Waals surface area (Å²) in [5.41, 5.74) is 7.60. The van der Waals surface area contributed by atoms with Gasteiger partial charge in [0.1, 0.15) is 11.2 Å². The second-order valence-corrected chi connectivity index (χ2v) is 11.9. The third kappa shape index (κ3) is 3.83. The van der Waals surface area contributed by atoms with Gasteiger partial charge in [0.25, 0.3) is 0 Å². The van der Waals surface area contributed by atoms with Crippen LogP contribution in [-0.4, -0.2) is 0 Å². The monoisotopic (exact) mass is 595 g/mol. The molecule has 2 nitrogen and oxygen atoms in total. The van der Waals surface area contributed by atoms with Gasteiger partial charge in [-0.2, -0.15) is 0 Å². The van der Waals surface area contributed by atoms with Crippen LogP contribution in [0.4, 0.5) is 17.1 Å². The summed E-state index contributed by atoms with van der Waals surface area (Å²) in [6, 6.07) is 47.3. The number of thiophene rings is 1. The summed E-state index contributed by atoms with van der Waals surface area (Å²) in [7, 11) is 0. The van der Waals surface area contributed by atoms with E-state index in [2.05, 4.69) is 142 Å². The highest BCUT2D eigenvalue weighted by Gasteiger charge is 2.20. The molecule has 0 aliphatic carbocycles. The van der Waals surface area contributed by atoms with Gasteiger partial charge >= 0.3 is 0 Å². The molecule has 2 heterocycles. The van der Waals surface area contributed by atoms with Crippen molar-refractivity contribution in [3.8, 4) is 11.1 Å². The van der Waals surface area contributed by atoms with E-state index in [9.17, 15) is 0 Å². The fourth-order valence-electron chi connectivity index (χ4n) is 5.66. The quantitative estimate of drug-likeness (QED) is 0.201. The molecule has 0 atom stereocenters. The van der Waals surface area contributed by atoms with Gasteiger partial charge in [0.15, 0.2) is 0 Å². The highest BCUT2D eigenvalue weighted by Crippen LogP contribution is 2.47. The molecule has 0 radical (unpaired) electrons. The Labute approximate surface area is 243 Å². The molecule has 0 saturated heterocycles. The van der Waals surface area contributed by atoms with Crippen LogP contribution in [0.15, 0.2) is 142 Å². The molecule has 0 unspecified atom stereocenters. The normalized spacial score (nSPS) is 11.6. The van der Waals surface area contributed by atoms with Gasteiger partial charge in [-0.3, -0.25) is 0 Å².